The van der Waals surface area contributed by atoms with Crippen LogP contribution in [-0.2, 0) is 19.1 Å². The van der Waals surface area contributed by atoms with Gasteiger partial charge in [-0.1, -0.05) is 18.7 Å². The van der Waals surface area contributed by atoms with Crippen LogP contribution in [0.15, 0.2) is 24.3 Å². The number of rotatable bonds is 2. The lowest BCUT2D eigenvalue weighted by molar-refractivity contribution is -0.166. The lowest BCUT2D eigenvalue weighted by atomic mass is 9.78. The van der Waals surface area contributed by atoms with Crippen LogP contribution >= 0.6 is 0 Å². The van der Waals surface area contributed by atoms with Crippen LogP contribution in [0.4, 0.5) is 0 Å². The summed E-state index contributed by atoms with van der Waals surface area (Å²) in [5.74, 6) is -2.10. The van der Waals surface area contributed by atoms with Gasteiger partial charge in [0.25, 0.3) is 0 Å². The van der Waals surface area contributed by atoms with E-state index in [4.69, 9.17) is 9.47 Å². The molecule has 6 heteroatoms. The molecular weight excluding hydrogens is 300 g/mol. The molecule has 1 saturated heterocycles. The van der Waals surface area contributed by atoms with Crippen LogP contribution in [0.1, 0.15) is 26.2 Å². The Kier molecular flexibility index (Phi) is 3.84. The maximum Gasteiger partial charge on any atom is 0.342 e. The van der Waals surface area contributed by atoms with Gasteiger partial charge in [0.1, 0.15) is 12.7 Å². The molecule has 1 heterocycles. The summed E-state index contributed by atoms with van der Waals surface area (Å²) in [5, 5.41) is 20.9. The zero-order valence-corrected chi connectivity index (χ0v) is 13.2. The van der Waals surface area contributed by atoms with Crippen molar-refractivity contribution in [2.24, 2.45) is 17.8 Å². The van der Waals surface area contributed by atoms with Crippen molar-refractivity contribution in [3.8, 4) is 0 Å². The molecule has 0 aromatic carbocycles. The molecule has 0 amide bonds. The Labute approximate surface area is 134 Å². The van der Waals surface area contributed by atoms with Gasteiger partial charge in [-0.15, -0.1) is 0 Å². The molecule has 6 nitrogen and oxygen atoms in total. The molecule has 1 aliphatic heterocycles. The topological polar surface area (TPSA) is 93.1 Å². The van der Waals surface area contributed by atoms with Crippen molar-refractivity contribution in [2.75, 3.05) is 6.61 Å². The third kappa shape index (κ3) is 2.40. The number of hydrogen-bond acceptors (Lipinski definition) is 6. The summed E-state index contributed by atoms with van der Waals surface area (Å²) in [5.41, 5.74) is -0.246. The van der Waals surface area contributed by atoms with E-state index in [0.29, 0.717) is 24.8 Å². The largest absolute Gasteiger partial charge is 0.462 e. The molecular formula is C17H22O6. The molecule has 0 bridgehead atoms. The molecule has 0 unspecified atom stereocenters. The van der Waals surface area contributed by atoms with E-state index in [2.05, 4.69) is 13.2 Å². The summed E-state index contributed by atoms with van der Waals surface area (Å²) in [7, 11) is 0. The van der Waals surface area contributed by atoms with E-state index in [1.807, 2.05) is 0 Å². The number of ether oxygens (including phenoxy) is 2. The highest BCUT2D eigenvalue weighted by molar-refractivity contribution is 5.83. The van der Waals surface area contributed by atoms with Gasteiger partial charge >= 0.3 is 11.9 Å². The molecule has 126 valence electrons. The molecule has 0 spiro atoms. The molecule has 3 rings (SSSR count). The van der Waals surface area contributed by atoms with Crippen molar-refractivity contribution in [1.29, 1.82) is 0 Å². The van der Waals surface area contributed by atoms with Gasteiger partial charge in [-0.25, -0.2) is 4.79 Å². The van der Waals surface area contributed by atoms with Gasteiger partial charge in [-0.05, 0) is 30.8 Å². The predicted octanol–water partition coefficient (Wildman–Crippen LogP) is 0.725. The van der Waals surface area contributed by atoms with Crippen LogP contribution in [0, 0.1) is 17.8 Å². The molecule has 0 radical (unpaired) electrons. The summed E-state index contributed by atoms with van der Waals surface area (Å²) in [6.07, 6.45) is 0.439. The minimum atomic E-state index is -1.85. The lowest BCUT2D eigenvalue weighted by Gasteiger charge is -2.29. The first-order chi connectivity index (χ1) is 10.8. The smallest absolute Gasteiger partial charge is 0.342 e. The summed E-state index contributed by atoms with van der Waals surface area (Å²) in [6, 6.07) is 0. The van der Waals surface area contributed by atoms with Crippen molar-refractivity contribution < 1.29 is 29.3 Å². The summed E-state index contributed by atoms with van der Waals surface area (Å²) in [4.78, 5) is 23.3. The van der Waals surface area contributed by atoms with Gasteiger partial charge < -0.3 is 19.7 Å². The normalized spacial score (nSPS) is 42.7. The average molecular weight is 322 g/mol. The number of carbonyl (C=O) groups is 2. The molecule has 2 saturated carbocycles. The van der Waals surface area contributed by atoms with Gasteiger partial charge in [0.15, 0.2) is 0 Å². The second-order valence-corrected chi connectivity index (χ2v) is 6.84. The van der Waals surface area contributed by atoms with E-state index in [1.165, 1.54) is 6.92 Å². The number of aliphatic hydroxyl groups excluding tert-OH is 1. The van der Waals surface area contributed by atoms with E-state index in [0.717, 1.165) is 5.57 Å². The zero-order valence-electron chi connectivity index (χ0n) is 13.2. The molecule has 3 aliphatic rings. The molecule has 3 fully saturated rings. The Morgan fingerprint density at radius 1 is 1.48 bits per heavy atom. The van der Waals surface area contributed by atoms with Crippen molar-refractivity contribution in [3.63, 3.8) is 0 Å². The monoisotopic (exact) mass is 322 g/mol. The van der Waals surface area contributed by atoms with Crippen molar-refractivity contribution in [2.45, 2.75) is 44.0 Å². The SMILES string of the molecule is C=C1[C@@H]2[C@@H]3OC(=O)[C@](O)(COC(C)=O)[C@@H]3CCC(=C)[C@@H]2C[C@@H]1O. The predicted molar refractivity (Wildman–Crippen MR) is 80.1 cm³/mol. The fourth-order valence-corrected chi connectivity index (χ4v) is 4.24. The van der Waals surface area contributed by atoms with E-state index in [9.17, 15) is 19.8 Å². The summed E-state index contributed by atoms with van der Waals surface area (Å²) in [6.45, 7) is 8.86. The number of aliphatic hydroxyl groups is 2. The Morgan fingerprint density at radius 3 is 2.83 bits per heavy atom. The third-order valence-electron chi connectivity index (χ3n) is 5.52. The highest BCUT2D eigenvalue weighted by atomic mass is 16.6. The third-order valence-corrected chi connectivity index (χ3v) is 5.52. The van der Waals surface area contributed by atoms with E-state index in [1.54, 1.807) is 0 Å². The number of carbonyl (C=O) groups excluding carboxylic acids is 2. The first-order valence-corrected chi connectivity index (χ1v) is 7.87. The Morgan fingerprint density at radius 2 is 2.17 bits per heavy atom. The van der Waals surface area contributed by atoms with E-state index < -0.39 is 42.3 Å². The lowest BCUT2D eigenvalue weighted by Crippen LogP contribution is -2.47. The second kappa shape index (κ2) is 5.46. The van der Waals surface area contributed by atoms with Gasteiger partial charge in [0.2, 0.25) is 5.60 Å². The number of hydrogen-bond donors (Lipinski definition) is 2. The number of fused-ring (bicyclic) bond motifs is 3. The first-order valence-electron chi connectivity index (χ1n) is 7.87. The average Bonchev–Trinajstić information content (AvgIpc) is 2.85. The van der Waals surface area contributed by atoms with E-state index >= 15 is 0 Å². The van der Waals surface area contributed by atoms with Crippen LogP contribution in [0.5, 0.6) is 0 Å². The van der Waals surface area contributed by atoms with Gasteiger partial charge in [-0.2, -0.15) is 0 Å². The Hall–Kier alpha value is -1.66. The minimum absolute atomic E-state index is 0.00336. The quantitative estimate of drug-likeness (QED) is 0.575. The summed E-state index contributed by atoms with van der Waals surface area (Å²) >= 11 is 0. The highest BCUT2D eigenvalue weighted by Crippen LogP contribution is 2.53. The molecule has 2 N–H and O–H groups in total. The van der Waals surface area contributed by atoms with Crippen LogP contribution < -0.4 is 0 Å². The zero-order chi connectivity index (χ0) is 16.9. The standard InChI is InChI=1S/C17H22O6/c1-8-4-5-12-15(14-9(2)13(19)6-11(8)14)23-16(20)17(12,21)7-22-10(3)18/h11-15,19,21H,1-2,4-7H2,3H3/t11-,12+,13-,14-,15+,17-/m0/s1. The van der Waals surface area contributed by atoms with Gasteiger partial charge in [0.05, 0.1) is 6.10 Å². The van der Waals surface area contributed by atoms with E-state index in [-0.39, 0.29) is 11.8 Å². The molecule has 0 aromatic rings. The molecule has 23 heavy (non-hydrogen) atoms. The van der Waals surface area contributed by atoms with Crippen molar-refractivity contribution in [1.82, 2.24) is 0 Å². The van der Waals surface area contributed by atoms with Crippen LogP contribution in [0.3, 0.4) is 0 Å². The molecule has 2 aliphatic carbocycles. The summed E-state index contributed by atoms with van der Waals surface area (Å²) < 4.78 is 10.4. The van der Waals surface area contributed by atoms with Gasteiger partial charge in [0, 0.05) is 18.8 Å². The van der Waals surface area contributed by atoms with Crippen LogP contribution in [0.25, 0.3) is 0 Å². The Balaban J connectivity index is 1.93. The Bertz CT molecular complexity index is 582. The highest BCUT2D eigenvalue weighted by Gasteiger charge is 2.62. The number of esters is 2. The second-order valence-electron chi connectivity index (χ2n) is 6.84. The van der Waals surface area contributed by atoms with Crippen LogP contribution in [-0.4, -0.2) is 46.6 Å². The van der Waals surface area contributed by atoms with Crippen molar-refractivity contribution >= 4 is 11.9 Å². The first kappa shape index (κ1) is 16.2. The van der Waals surface area contributed by atoms with Gasteiger partial charge in [-0.3, -0.25) is 4.79 Å². The molecule has 0 aromatic heterocycles. The van der Waals surface area contributed by atoms with Crippen molar-refractivity contribution in [3.05, 3.63) is 24.3 Å². The van der Waals surface area contributed by atoms with Crippen LogP contribution in [0.2, 0.25) is 0 Å². The number of allylic oxidation sites excluding steroid dienone is 1. The fourth-order valence-electron chi connectivity index (χ4n) is 4.24. The fraction of sp³-hybridized carbons (Fsp3) is 0.647. The maximum atomic E-state index is 12.3. The maximum absolute atomic E-state index is 12.3. The molecule has 6 atom stereocenters. The minimum Gasteiger partial charge on any atom is -0.462 e.